The summed E-state index contributed by atoms with van der Waals surface area (Å²) in [7, 11) is 0. The van der Waals surface area contributed by atoms with E-state index < -0.39 is 6.10 Å². The highest BCUT2D eigenvalue weighted by molar-refractivity contribution is 5.88. The van der Waals surface area contributed by atoms with E-state index in [1.54, 1.807) is 33.4 Å². The second kappa shape index (κ2) is 8.09. The Kier molecular flexibility index (Phi) is 5.61. The number of ether oxygens (including phenoxy) is 1. The normalized spacial score (nSPS) is 12.1. The molecule has 7 heteroatoms. The molecule has 3 rings (SSSR count). The summed E-state index contributed by atoms with van der Waals surface area (Å²) in [5, 5.41) is 13.0. The number of carbonyl (C=O) groups is 1. The number of carbonyl (C=O) groups excluding carboxylic acids is 1. The van der Waals surface area contributed by atoms with Gasteiger partial charge in [0, 0.05) is 19.2 Å². The van der Waals surface area contributed by atoms with E-state index in [1.807, 2.05) is 31.2 Å². The summed E-state index contributed by atoms with van der Waals surface area (Å²) < 4.78 is 8.86. The van der Waals surface area contributed by atoms with Crippen LogP contribution in [0.3, 0.4) is 0 Å². The number of benzene rings is 2. The number of rotatable bonds is 7. The zero-order valence-corrected chi connectivity index (χ0v) is 15.4. The Balaban J connectivity index is 1.67. The first-order chi connectivity index (χ1) is 13.0. The number of aliphatic hydroxyl groups excluding tert-OH is 1. The van der Waals surface area contributed by atoms with Crippen molar-refractivity contribution in [1.82, 2.24) is 9.13 Å². The molecule has 27 heavy (non-hydrogen) atoms. The van der Waals surface area contributed by atoms with Gasteiger partial charge >= 0.3 is 5.69 Å². The van der Waals surface area contributed by atoms with Crippen LogP contribution in [0, 0.1) is 0 Å². The highest BCUT2D eigenvalue weighted by Crippen LogP contribution is 2.17. The first-order valence-corrected chi connectivity index (χ1v) is 8.86. The summed E-state index contributed by atoms with van der Waals surface area (Å²) in [5.41, 5.74) is 2.18. The van der Waals surface area contributed by atoms with Gasteiger partial charge in [-0.05, 0) is 43.3 Å². The van der Waals surface area contributed by atoms with Gasteiger partial charge < -0.3 is 15.2 Å². The van der Waals surface area contributed by atoms with Crippen LogP contribution in [-0.4, -0.2) is 32.9 Å². The predicted octanol–water partition coefficient (Wildman–Crippen LogP) is 2.22. The van der Waals surface area contributed by atoms with E-state index in [0.717, 1.165) is 11.0 Å². The Morgan fingerprint density at radius 2 is 1.74 bits per heavy atom. The zero-order chi connectivity index (χ0) is 19.4. The van der Waals surface area contributed by atoms with Crippen molar-refractivity contribution >= 4 is 22.6 Å². The lowest BCUT2D eigenvalue weighted by atomic mass is 10.3. The molecule has 0 saturated heterocycles. The molecule has 1 aromatic heterocycles. The van der Waals surface area contributed by atoms with Gasteiger partial charge in [0.1, 0.15) is 18.5 Å². The van der Waals surface area contributed by atoms with Crippen molar-refractivity contribution in [1.29, 1.82) is 0 Å². The summed E-state index contributed by atoms with van der Waals surface area (Å²) >= 11 is 0. The Labute approximate surface area is 156 Å². The number of hydrogen-bond donors (Lipinski definition) is 2. The molecule has 3 aromatic rings. The van der Waals surface area contributed by atoms with Gasteiger partial charge in [0.2, 0.25) is 5.91 Å². The van der Waals surface area contributed by atoms with Gasteiger partial charge in [0.05, 0.1) is 17.6 Å². The molecule has 2 aromatic carbocycles. The quantitative estimate of drug-likeness (QED) is 0.669. The van der Waals surface area contributed by atoms with Crippen molar-refractivity contribution in [2.24, 2.45) is 0 Å². The maximum atomic E-state index is 12.6. The van der Waals surface area contributed by atoms with Gasteiger partial charge in [-0.25, -0.2) is 4.79 Å². The SMILES string of the molecule is CCn1c(=O)n(CC(O)COc2ccc(NC(C)=O)cc2)c2ccccc21. The number of aryl methyl sites for hydroxylation is 1. The molecule has 2 N–H and O–H groups in total. The highest BCUT2D eigenvalue weighted by atomic mass is 16.5. The second-order valence-electron chi connectivity index (χ2n) is 6.30. The van der Waals surface area contributed by atoms with Crippen molar-refractivity contribution in [3.63, 3.8) is 0 Å². The van der Waals surface area contributed by atoms with E-state index in [0.29, 0.717) is 18.0 Å². The van der Waals surface area contributed by atoms with Crippen LogP contribution in [-0.2, 0) is 17.9 Å². The Hall–Kier alpha value is -3.06. The molecule has 0 spiro atoms. The number of amides is 1. The Morgan fingerprint density at radius 1 is 1.11 bits per heavy atom. The fourth-order valence-corrected chi connectivity index (χ4v) is 3.05. The Bertz CT molecular complexity index is 989. The third kappa shape index (κ3) is 4.20. The van der Waals surface area contributed by atoms with Crippen molar-refractivity contribution in [2.45, 2.75) is 33.0 Å². The molecule has 0 fully saturated rings. The number of imidazole rings is 1. The molecule has 0 aliphatic rings. The lowest BCUT2D eigenvalue weighted by molar-refractivity contribution is -0.114. The van der Waals surface area contributed by atoms with Crippen LogP contribution in [0.15, 0.2) is 53.3 Å². The third-order valence-electron chi connectivity index (χ3n) is 4.25. The minimum Gasteiger partial charge on any atom is -0.491 e. The first-order valence-electron chi connectivity index (χ1n) is 8.86. The van der Waals surface area contributed by atoms with Gasteiger partial charge in [-0.15, -0.1) is 0 Å². The summed E-state index contributed by atoms with van der Waals surface area (Å²) in [6.07, 6.45) is -0.839. The zero-order valence-electron chi connectivity index (χ0n) is 15.4. The lowest BCUT2D eigenvalue weighted by Crippen LogP contribution is -2.31. The number of hydrogen-bond acceptors (Lipinski definition) is 4. The van der Waals surface area contributed by atoms with Crippen molar-refractivity contribution in [3.05, 3.63) is 59.0 Å². The molecule has 1 atom stereocenters. The maximum Gasteiger partial charge on any atom is 0.329 e. The van der Waals surface area contributed by atoms with Crippen LogP contribution >= 0.6 is 0 Å². The number of nitrogens with zero attached hydrogens (tertiary/aromatic N) is 2. The molecule has 0 aliphatic heterocycles. The van der Waals surface area contributed by atoms with Crippen LogP contribution in [0.2, 0.25) is 0 Å². The van der Waals surface area contributed by atoms with E-state index >= 15 is 0 Å². The average Bonchev–Trinajstić information content (AvgIpc) is 2.92. The van der Waals surface area contributed by atoms with E-state index in [4.69, 9.17) is 4.74 Å². The molecule has 0 aliphatic carbocycles. The van der Waals surface area contributed by atoms with Crippen LogP contribution < -0.4 is 15.7 Å². The Morgan fingerprint density at radius 3 is 2.33 bits per heavy atom. The average molecular weight is 369 g/mol. The number of para-hydroxylation sites is 2. The molecular formula is C20H23N3O4. The summed E-state index contributed by atoms with van der Waals surface area (Å²) in [4.78, 5) is 23.6. The number of nitrogens with one attached hydrogen (secondary N) is 1. The minimum absolute atomic E-state index is 0.0531. The number of anilines is 1. The second-order valence-corrected chi connectivity index (χ2v) is 6.30. The van der Waals surface area contributed by atoms with Crippen LogP contribution in [0.4, 0.5) is 5.69 Å². The van der Waals surface area contributed by atoms with Crippen molar-refractivity contribution in [2.75, 3.05) is 11.9 Å². The van der Waals surface area contributed by atoms with Gasteiger partial charge in [-0.1, -0.05) is 12.1 Å². The van der Waals surface area contributed by atoms with Crippen molar-refractivity contribution < 1.29 is 14.6 Å². The van der Waals surface area contributed by atoms with Crippen LogP contribution in [0.25, 0.3) is 11.0 Å². The topological polar surface area (TPSA) is 85.5 Å². The van der Waals surface area contributed by atoms with E-state index in [9.17, 15) is 14.7 Å². The molecule has 0 radical (unpaired) electrons. The fourth-order valence-electron chi connectivity index (χ4n) is 3.05. The number of aromatic nitrogens is 2. The highest BCUT2D eigenvalue weighted by Gasteiger charge is 2.15. The lowest BCUT2D eigenvalue weighted by Gasteiger charge is -2.13. The summed E-state index contributed by atoms with van der Waals surface area (Å²) in [5.74, 6) is 0.433. The predicted molar refractivity (Wildman–Crippen MR) is 104 cm³/mol. The first kappa shape index (κ1) is 18.7. The van der Waals surface area contributed by atoms with E-state index in [-0.39, 0.29) is 24.7 Å². The van der Waals surface area contributed by atoms with Gasteiger partial charge in [-0.2, -0.15) is 0 Å². The summed E-state index contributed by atoms with van der Waals surface area (Å²) in [6, 6.07) is 14.4. The molecule has 7 nitrogen and oxygen atoms in total. The molecule has 0 bridgehead atoms. The number of fused-ring (bicyclic) bond motifs is 1. The molecule has 1 amide bonds. The van der Waals surface area contributed by atoms with Gasteiger partial charge in [0.25, 0.3) is 0 Å². The third-order valence-corrected chi connectivity index (χ3v) is 4.25. The fraction of sp³-hybridized carbons (Fsp3) is 0.300. The monoisotopic (exact) mass is 369 g/mol. The van der Waals surface area contributed by atoms with E-state index in [2.05, 4.69) is 5.32 Å². The molecule has 0 saturated carbocycles. The molecular weight excluding hydrogens is 346 g/mol. The molecule has 1 unspecified atom stereocenters. The summed E-state index contributed by atoms with van der Waals surface area (Å²) in [6.45, 7) is 4.13. The standard InChI is InChI=1S/C20H23N3O4/c1-3-22-18-6-4-5-7-19(18)23(20(22)26)12-16(25)13-27-17-10-8-15(9-11-17)21-14(2)24/h4-11,16,25H,3,12-13H2,1-2H3,(H,21,24). The number of aliphatic hydroxyl groups is 1. The van der Waals surface area contributed by atoms with Crippen LogP contribution in [0.1, 0.15) is 13.8 Å². The van der Waals surface area contributed by atoms with Crippen molar-refractivity contribution in [3.8, 4) is 5.75 Å². The van der Waals surface area contributed by atoms with E-state index in [1.165, 1.54) is 6.92 Å². The van der Waals surface area contributed by atoms with Gasteiger partial charge in [0.15, 0.2) is 0 Å². The largest absolute Gasteiger partial charge is 0.491 e. The van der Waals surface area contributed by atoms with Gasteiger partial charge in [-0.3, -0.25) is 13.9 Å². The van der Waals surface area contributed by atoms with Crippen LogP contribution in [0.5, 0.6) is 5.75 Å². The molecule has 1 heterocycles. The minimum atomic E-state index is -0.839. The smallest absolute Gasteiger partial charge is 0.329 e. The maximum absolute atomic E-state index is 12.6. The molecule has 142 valence electrons.